The zero-order chi connectivity index (χ0) is 22.8. The molecule has 0 radical (unpaired) electrons. The molecule has 0 saturated carbocycles. The van der Waals surface area contributed by atoms with E-state index in [4.69, 9.17) is 0 Å². The summed E-state index contributed by atoms with van der Waals surface area (Å²) in [4.78, 5) is 39.0. The van der Waals surface area contributed by atoms with Crippen LogP contribution < -0.4 is 10.2 Å². The van der Waals surface area contributed by atoms with Crippen molar-refractivity contribution in [3.8, 4) is 0 Å². The molecule has 0 unspecified atom stereocenters. The van der Waals surface area contributed by atoms with Crippen molar-refractivity contribution < 1.29 is 18.8 Å². The third-order valence-electron chi connectivity index (χ3n) is 4.93. The molecule has 1 aliphatic heterocycles. The number of nitrogens with zero attached hydrogens (tertiary/aromatic N) is 1. The molecule has 1 heterocycles. The van der Waals surface area contributed by atoms with Crippen molar-refractivity contribution in [2.24, 2.45) is 0 Å². The second kappa shape index (κ2) is 9.18. The molecule has 160 valence electrons. The number of nitrogens with one attached hydrogen (secondary N) is 1. The van der Waals surface area contributed by atoms with E-state index in [-0.39, 0.29) is 17.8 Å². The molecule has 4 rings (SSSR count). The molecule has 0 aromatic heterocycles. The Labute approximate surface area is 200 Å². The van der Waals surface area contributed by atoms with E-state index < -0.39 is 17.8 Å². The van der Waals surface area contributed by atoms with Crippen molar-refractivity contribution in [1.82, 2.24) is 5.32 Å². The number of amides is 4. The van der Waals surface area contributed by atoms with Gasteiger partial charge in [-0.15, -0.1) is 0 Å². The average Bonchev–Trinajstić information content (AvgIpc) is 2.75. The second-order valence-corrected chi connectivity index (χ2v) is 8.88. The third-order valence-corrected chi connectivity index (χ3v) is 5.95. The molecule has 1 N–H and O–H groups in total. The smallest absolute Gasteiger partial charge is 0.273 e. The first-order valence-corrected chi connectivity index (χ1v) is 11.1. The molecular weight excluding hydrogens is 543 g/mol. The Morgan fingerprint density at radius 3 is 2.28 bits per heavy atom. The Kier molecular flexibility index (Phi) is 6.34. The number of barbiturate groups is 1. The summed E-state index contributed by atoms with van der Waals surface area (Å²) in [7, 11) is 0. The number of halogens is 3. The summed E-state index contributed by atoms with van der Waals surface area (Å²) in [5, 5.41) is 2.21. The number of carbonyl (C=O) groups is 3. The molecular formula is C24H15Br2FN2O3. The number of carbonyl (C=O) groups excluding carboxylic acids is 3. The number of rotatable bonds is 4. The van der Waals surface area contributed by atoms with Crippen LogP contribution in [0.2, 0.25) is 0 Å². The predicted octanol–water partition coefficient (Wildman–Crippen LogP) is 5.61. The van der Waals surface area contributed by atoms with E-state index in [2.05, 4.69) is 37.2 Å². The van der Waals surface area contributed by atoms with Gasteiger partial charge in [-0.1, -0.05) is 56.1 Å². The Balaban J connectivity index is 1.75. The summed E-state index contributed by atoms with van der Waals surface area (Å²) in [6.07, 6.45) is 1.70. The summed E-state index contributed by atoms with van der Waals surface area (Å²) in [6, 6.07) is 17.5. The van der Waals surface area contributed by atoms with Crippen LogP contribution >= 0.6 is 31.9 Å². The normalized spacial score (nSPS) is 15.3. The maximum atomic E-state index is 14.2. The summed E-state index contributed by atoms with van der Waals surface area (Å²) in [6.45, 7) is 0. The van der Waals surface area contributed by atoms with E-state index in [1.165, 1.54) is 12.1 Å². The zero-order valence-electron chi connectivity index (χ0n) is 16.4. The molecule has 0 spiro atoms. The van der Waals surface area contributed by atoms with Gasteiger partial charge in [-0.2, -0.15) is 0 Å². The van der Waals surface area contributed by atoms with E-state index in [9.17, 15) is 18.8 Å². The van der Waals surface area contributed by atoms with Gasteiger partial charge in [-0.05, 0) is 65.2 Å². The predicted molar refractivity (Wildman–Crippen MR) is 126 cm³/mol. The molecule has 4 amide bonds. The fourth-order valence-corrected chi connectivity index (χ4v) is 3.99. The van der Waals surface area contributed by atoms with Gasteiger partial charge in [0.2, 0.25) is 0 Å². The van der Waals surface area contributed by atoms with E-state index >= 15 is 0 Å². The van der Waals surface area contributed by atoms with E-state index in [0.29, 0.717) is 16.8 Å². The second-order valence-electron chi connectivity index (χ2n) is 7.05. The van der Waals surface area contributed by atoms with E-state index in [1.54, 1.807) is 60.7 Å². The molecule has 1 aliphatic rings. The summed E-state index contributed by atoms with van der Waals surface area (Å²) in [5.41, 5.74) is 1.90. The van der Waals surface area contributed by atoms with Crippen molar-refractivity contribution in [2.45, 2.75) is 6.42 Å². The minimum atomic E-state index is -0.819. The van der Waals surface area contributed by atoms with E-state index in [1.807, 2.05) is 0 Å². The number of hydrogen-bond acceptors (Lipinski definition) is 3. The molecule has 3 aromatic rings. The molecule has 1 fully saturated rings. The molecule has 3 aromatic carbocycles. The highest BCUT2D eigenvalue weighted by atomic mass is 79.9. The standard InChI is InChI=1S/C24H15Br2FN2O3/c25-17-7-9-19(10-8-17)29-23(31)20(22(30)28-24(29)32)13-16-12-18(26)6-5-14(16)11-15-3-1-2-4-21(15)27/h1-10,12-13H,11H2,(H,28,30,32)/b20-13+. The van der Waals surface area contributed by atoms with Crippen molar-refractivity contribution in [1.29, 1.82) is 0 Å². The van der Waals surface area contributed by atoms with Crippen LogP contribution in [-0.4, -0.2) is 17.8 Å². The molecule has 8 heteroatoms. The maximum absolute atomic E-state index is 14.2. The average molecular weight is 558 g/mol. The molecule has 0 aliphatic carbocycles. The lowest BCUT2D eigenvalue weighted by atomic mass is 9.97. The largest absolute Gasteiger partial charge is 0.335 e. The number of anilines is 1. The van der Waals surface area contributed by atoms with Crippen LogP contribution in [0.3, 0.4) is 0 Å². The van der Waals surface area contributed by atoms with E-state index in [0.717, 1.165) is 19.4 Å². The van der Waals surface area contributed by atoms with Crippen molar-refractivity contribution in [3.63, 3.8) is 0 Å². The minimum absolute atomic E-state index is 0.194. The number of urea groups is 1. The van der Waals surface area contributed by atoms with Crippen LogP contribution in [0.4, 0.5) is 14.9 Å². The van der Waals surface area contributed by atoms with Gasteiger partial charge in [0, 0.05) is 15.4 Å². The first-order chi connectivity index (χ1) is 15.3. The molecule has 0 atom stereocenters. The lowest BCUT2D eigenvalue weighted by Gasteiger charge is -2.26. The van der Waals surface area contributed by atoms with Gasteiger partial charge in [0.05, 0.1) is 5.69 Å². The number of benzene rings is 3. The first-order valence-electron chi connectivity index (χ1n) is 9.52. The summed E-state index contributed by atoms with van der Waals surface area (Å²) in [5.74, 6) is -1.87. The molecule has 0 bridgehead atoms. The lowest BCUT2D eigenvalue weighted by molar-refractivity contribution is -0.122. The highest BCUT2D eigenvalue weighted by Crippen LogP contribution is 2.27. The highest BCUT2D eigenvalue weighted by molar-refractivity contribution is 9.10. The van der Waals surface area contributed by atoms with Crippen LogP contribution in [0.1, 0.15) is 16.7 Å². The van der Waals surface area contributed by atoms with Crippen molar-refractivity contribution >= 4 is 61.5 Å². The number of imide groups is 2. The Bertz CT molecular complexity index is 1270. The molecule has 32 heavy (non-hydrogen) atoms. The zero-order valence-corrected chi connectivity index (χ0v) is 19.6. The SMILES string of the molecule is O=C1NC(=O)N(c2ccc(Br)cc2)C(=O)/C1=C/c1cc(Br)ccc1Cc1ccccc1F. The van der Waals surface area contributed by atoms with Crippen LogP contribution in [0.15, 0.2) is 81.2 Å². The van der Waals surface area contributed by atoms with Gasteiger partial charge in [-0.3, -0.25) is 14.9 Å². The molecule has 1 saturated heterocycles. The van der Waals surface area contributed by atoms with Crippen LogP contribution in [0.25, 0.3) is 6.08 Å². The van der Waals surface area contributed by atoms with Gasteiger partial charge in [0.15, 0.2) is 0 Å². The van der Waals surface area contributed by atoms with Gasteiger partial charge >= 0.3 is 6.03 Å². The number of hydrogen-bond donors (Lipinski definition) is 1. The minimum Gasteiger partial charge on any atom is -0.273 e. The van der Waals surface area contributed by atoms with Gasteiger partial charge in [0.1, 0.15) is 11.4 Å². The van der Waals surface area contributed by atoms with Crippen molar-refractivity contribution in [3.05, 3.63) is 104 Å². The Morgan fingerprint density at radius 2 is 1.56 bits per heavy atom. The van der Waals surface area contributed by atoms with Gasteiger partial charge < -0.3 is 0 Å². The van der Waals surface area contributed by atoms with Crippen LogP contribution in [-0.2, 0) is 16.0 Å². The van der Waals surface area contributed by atoms with Crippen LogP contribution in [0.5, 0.6) is 0 Å². The quantitative estimate of drug-likeness (QED) is 0.335. The van der Waals surface area contributed by atoms with Gasteiger partial charge in [0.25, 0.3) is 11.8 Å². The highest BCUT2D eigenvalue weighted by Gasteiger charge is 2.36. The van der Waals surface area contributed by atoms with Crippen LogP contribution in [0, 0.1) is 5.82 Å². The summed E-state index contributed by atoms with van der Waals surface area (Å²) >= 11 is 6.71. The third kappa shape index (κ3) is 4.56. The fourth-order valence-electron chi connectivity index (χ4n) is 3.35. The van der Waals surface area contributed by atoms with Gasteiger partial charge in [-0.25, -0.2) is 14.1 Å². The molecule has 5 nitrogen and oxygen atoms in total. The van der Waals surface area contributed by atoms with Crippen molar-refractivity contribution in [2.75, 3.05) is 4.90 Å². The fraction of sp³-hybridized carbons (Fsp3) is 0.0417. The monoisotopic (exact) mass is 556 g/mol. The maximum Gasteiger partial charge on any atom is 0.335 e. The Hall–Kier alpha value is -3.10. The lowest BCUT2D eigenvalue weighted by Crippen LogP contribution is -2.54. The Morgan fingerprint density at radius 1 is 0.875 bits per heavy atom. The first kappa shape index (κ1) is 22.1. The topological polar surface area (TPSA) is 66.5 Å². The summed E-state index contributed by atoms with van der Waals surface area (Å²) < 4.78 is 15.7.